The fourth-order valence-corrected chi connectivity index (χ4v) is 6.03. The predicted molar refractivity (Wildman–Crippen MR) is 135 cm³/mol. The van der Waals surface area contributed by atoms with Gasteiger partial charge in [-0.3, -0.25) is 5.01 Å². The summed E-state index contributed by atoms with van der Waals surface area (Å²) in [5, 5.41) is 6.64. The Bertz CT molecular complexity index is 1450. The van der Waals surface area contributed by atoms with Crippen LogP contribution in [0.3, 0.4) is 0 Å². The Hall–Kier alpha value is -3.18. The van der Waals surface area contributed by atoms with Gasteiger partial charge in [0.05, 0.1) is 23.9 Å². The monoisotopic (exact) mass is 512 g/mol. The number of ether oxygens (including phenoxy) is 1. The maximum atomic E-state index is 13.1. The lowest BCUT2D eigenvalue weighted by Crippen LogP contribution is -2.50. The average molecular weight is 513 g/mol. The zero-order valence-corrected chi connectivity index (χ0v) is 20.7. The first-order valence-electron chi connectivity index (χ1n) is 11.2. The number of methoxy groups -OCH3 is 1. The number of rotatable bonds is 6. The van der Waals surface area contributed by atoms with Crippen LogP contribution in [0.25, 0.3) is 16.9 Å². The number of hydrogen-bond donors (Lipinski definition) is 1. The van der Waals surface area contributed by atoms with Crippen molar-refractivity contribution in [2.24, 2.45) is 5.84 Å². The number of benzene rings is 2. The van der Waals surface area contributed by atoms with Crippen LogP contribution in [-0.2, 0) is 10.0 Å². The van der Waals surface area contributed by atoms with Crippen molar-refractivity contribution in [2.75, 3.05) is 25.2 Å². The molecule has 1 aliphatic heterocycles. The second kappa shape index (κ2) is 9.46. The Morgan fingerprint density at radius 1 is 1.09 bits per heavy atom. The number of nitrogens with zero attached hydrogens (tertiary/aromatic N) is 5. The number of halogens is 1. The SMILES string of the molecule is COc1ccc(S(=O)(=O)N2CCC(N(N)c3cc(-c4ccccc4Cl)nc4ccnn34)CC2)cc1. The summed E-state index contributed by atoms with van der Waals surface area (Å²) in [7, 11) is -2.05. The van der Waals surface area contributed by atoms with Gasteiger partial charge in [-0.15, -0.1) is 0 Å². The number of anilines is 1. The van der Waals surface area contributed by atoms with E-state index in [-0.39, 0.29) is 10.9 Å². The number of nitrogens with two attached hydrogens (primary N) is 1. The summed E-state index contributed by atoms with van der Waals surface area (Å²) in [6.07, 6.45) is 2.80. The molecular formula is C24H25ClN6O3S. The van der Waals surface area contributed by atoms with Crippen LogP contribution in [0.5, 0.6) is 5.75 Å². The van der Waals surface area contributed by atoms with Crippen LogP contribution >= 0.6 is 11.6 Å². The van der Waals surface area contributed by atoms with E-state index in [1.807, 2.05) is 36.4 Å². The quantitative estimate of drug-likeness (QED) is 0.311. The molecule has 5 rings (SSSR count). The van der Waals surface area contributed by atoms with Gasteiger partial charge in [0, 0.05) is 41.9 Å². The molecule has 182 valence electrons. The molecule has 0 radical (unpaired) electrons. The third kappa shape index (κ3) is 4.45. The molecule has 0 atom stereocenters. The zero-order chi connectivity index (χ0) is 24.6. The molecule has 0 spiro atoms. The summed E-state index contributed by atoms with van der Waals surface area (Å²) in [6.45, 7) is 0.717. The molecule has 35 heavy (non-hydrogen) atoms. The minimum absolute atomic E-state index is 0.0776. The van der Waals surface area contributed by atoms with Crippen LogP contribution in [0.4, 0.5) is 5.82 Å². The van der Waals surface area contributed by atoms with Crippen molar-refractivity contribution >= 4 is 33.1 Å². The van der Waals surface area contributed by atoms with E-state index in [1.54, 1.807) is 47.1 Å². The van der Waals surface area contributed by atoms with E-state index < -0.39 is 10.0 Å². The molecular weight excluding hydrogens is 488 g/mol. The van der Waals surface area contributed by atoms with Crippen LogP contribution in [0, 0.1) is 0 Å². The van der Waals surface area contributed by atoms with Gasteiger partial charge in [-0.05, 0) is 43.2 Å². The predicted octanol–water partition coefficient (Wildman–Crippen LogP) is 3.59. The molecule has 1 saturated heterocycles. The first kappa shape index (κ1) is 23.6. The summed E-state index contributed by atoms with van der Waals surface area (Å²) in [6, 6.07) is 17.5. The molecule has 0 amide bonds. The molecule has 1 fully saturated rings. The highest BCUT2D eigenvalue weighted by Crippen LogP contribution is 2.31. The summed E-state index contributed by atoms with van der Waals surface area (Å²) < 4.78 is 34.5. The fraction of sp³-hybridized carbons (Fsp3) is 0.250. The lowest BCUT2D eigenvalue weighted by atomic mass is 10.1. The molecule has 0 aliphatic carbocycles. The van der Waals surface area contributed by atoms with Crippen molar-refractivity contribution in [1.82, 2.24) is 18.9 Å². The number of fused-ring (bicyclic) bond motifs is 1. The van der Waals surface area contributed by atoms with Crippen molar-refractivity contribution in [2.45, 2.75) is 23.8 Å². The summed E-state index contributed by atoms with van der Waals surface area (Å²) in [5.74, 6) is 7.88. The van der Waals surface area contributed by atoms with Gasteiger partial charge >= 0.3 is 0 Å². The van der Waals surface area contributed by atoms with E-state index in [0.717, 1.165) is 5.56 Å². The molecule has 4 aromatic rings. The molecule has 0 saturated carbocycles. The molecule has 3 heterocycles. The van der Waals surface area contributed by atoms with E-state index in [9.17, 15) is 8.42 Å². The fourth-order valence-electron chi connectivity index (χ4n) is 4.33. The molecule has 2 N–H and O–H groups in total. The maximum Gasteiger partial charge on any atom is 0.243 e. The highest BCUT2D eigenvalue weighted by molar-refractivity contribution is 7.89. The Morgan fingerprint density at radius 3 is 2.49 bits per heavy atom. The minimum Gasteiger partial charge on any atom is -0.497 e. The summed E-state index contributed by atoms with van der Waals surface area (Å²) in [4.78, 5) is 4.93. The van der Waals surface area contributed by atoms with E-state index in [4.69, 9.17) is 22.2 Å². The Morgan fingerprint density at radius 2 is 1.80 bits per heavy atom. The first-order chi connectivity index (χ1) is 16.9. The topological polar surface area (TPSA) is 106 Å². The largest absolute Gasteiger partial charge is 0.497 e. The zero-order valence-electron chi connectivity index (χ0n) is 19.1. The van der Waals surface area contributed by atoms with Gasteiger partial charge in [0.2, 0.25) is 10.0 Å². The molecule has 1 aliphatic rings. The van der Waals surface area contributed by atoms with E-state index in [1.165, 1.54) is 4.31 Å². The van der Waals surface area contributed by atoms with Gasteiger partial charge in [0.1, 0.15) is 11.6 Å². The van der Waals surface area contributed by atoms with Gasteiger partial charge in [-0.1, -0.05) is 29.8 Å². The highest BCUT2D eigenvalue weighted by Gasteiger charge is 2.32. The van der Waals surface area contributed by atoms with Gasteiger partial charge in [-0.25, -0.2) is 19.2 Å². The van der Waals surface area contributed by atoms with Crippen LogP contribution < -0.4 is 15.6 Å². The van der Waals surface area contributed by atoms with E-state index >= 15 is 0 Å². The number of hydrazine groups is 1. The Balaban J connectivity index is 1.37. The standard InChI is InChI=1S/C24H25ClN6O3S/c1-34-18-6-8-19(9-7-18)35(32,33)29-14-11-17(12-15-29)30(26)24-16-22(20-4-2-3-5-21(20)25)28-23-10-13-27-31(23)24/h2-10,13,16-17H,11-12,14-15,26H2,1H3. The van der Waals surface area contributed by atoms with Crippen LogP contribution in [0.15, 0.2) is 71.8 Å². The van der Waals surface area contributed by atoms with Crippen molar-refractivity contribution < 1.29 is 13.2 Å². The van der Waals surface area contributed by atoms with E-state index in [0.29, 0.717) is 53.9 Å². The number of aromatic nitrogens is 3. The highest BCUT2D eigenvalue weighted by atomic mass is 35.5. The van der Waals surface area contributed by atoms with Crippen molar-refractivity contribution in [1.29, 1.82) is 0 Å². The van der Waals surface area contributed by atoms with Gasteiger partial charge in [-0.2, -0.15) is 13.9 Å². The Labute approximate surface area is 208 Å². The number of piperidine rings is 1. The molecule has 2 aromatic heterocycles. The van der Waals surface area contributed by atoms with Crippen molar-refractivity contribution in [3.63, 3.8) is 0 Å². The second-order valence-electron chi connectivity index (χ2n) is 8.30. The third-order valence-corrected chi connectivity index (χ3v) is 8.51. The van der Waals surface area contributed by atoms with E-state index in [2.05, 4.69) is 10.1 Å². The minimum atomic E-state index is -3.60. The molecule has 11 heteroatoms. The second-order valence-corrected chi connectivity index (χ2v) is 10.6. The van der Waals surface area contributed by atoms with Crippen LogP contribution in [0.1, 0.15) is 12.8 Å². The average Bonchev–Trinajstić information content (AvgIpc) is 3.37. The molecule has 0 unspecified atom stereocenters. The maximum absolute atomic E-state index is 13.1. The number of sulfonamides is 1. The Kier molecular flexibility index (Phi) is 6.37. The van der Waals surface area contributed by atoms with Gasteiger partial charge < -0.3 is 4.74 Å². The molecule has 0 bridgehead atoms. The molecule has 9 nitrogen and oxygen atoms in total. The number of hydrogen-bond acceptors (Lipinski definition) is 7. The summed E-state index contributed by atoms with van der Waals surface area (Å²) in [5.41, 5.74) is 2.13. The van der Waals surface area contributed by atoms with Gasteiger partial charge in [0.15, 0.2) is 5.65 Å². The van der Waals surface area contributed by atoms with Gasteiger partial charge in [0.25, 0.3) is 0 Å². The normalized spacial score (nSPS) is 15.4. The third-order valence-electron chi connectivity index (χ3n) is 6.27. The summed E-state index contributed by atoms with van der Waals surface area (Å²) >= 11 is 6.41. The lowest BCUT2D eigenvalue weighted by Gasteiger charge is -2.36. The first-order valence-corrected chi connectivity index (χ1v) is 13.0. The van der Waals surface area contributed by atoms with Crippen molar-refractivity contribution in [3.8, 4) is 17.0 Å². The molecule has 2 aromatic carbocycles. The van der Waals surface area contributed by atoms with Crippen molar-refractivity contribution in [3.05, 3.63) is 71.9 Å². The van der Waals surface area contributed by atoms with Crippen LogP contribution in [0.2, 0.25) is 5.02 Å². The lowest BCUT2D eigenvalue weighted by molar-refractivity contribution is 0.309. The van der Waals surface area contributed by atoms with Crippen LogP contribution in [-0.4, -0.2) is 53.6 Å². The smallest absolute Gasteiger partial charge is 0.243 e.